The van der Waals surface area contributed by atoms with Crippen molar-refractivity contribution in [1.82, 2.24) is 4.98 Å². The number of rotatable bonds is 2. The highest BCUT2D eigenvalue weighted by Crippen LogP contribution is 2.28. The summed E-state index contributed by atoms with van der Waals surface area (Å²) in [4.78, 5) is 15.3. The Balaban J connectivity index is 2.29. The molecule has 0 spiro atoms. The van der Waals surface area contributed by atoms with Gasteiger partial charge in [0.05, 0.1) is 0 Å². The Morgan fingerprint density at radius 3 is 2.87 bits per heavy atom. The van der Waals surface area contributed by atoms with E-state index >= 15 is 0 Å². The number of carbonyl (C=O) groups is 1. The van der Waals surface area contributed by atoms with E-state index in [0.29, 0.717) is 11.5 Å². The topological polar surface area (TPSA) is 65.2 Å². The van der Waals surface area contributed by atoms with Crippen LogP contribution in [0.25, 0.3) is 0 Å². The monoisotopic (exact) mass is 206 g/mol. The standard InChI is InChI=1S/C11H14N2O2/c12-11(14)9-1-4-13-7-10(9)8-2-5-15-6-3-8/h1,4,7-8H,2-3,5-6H2,(H2,12,14). The molecule has 1 aromatic heterocycles. The average molecular weight is 206 g/mol. The van der Waals surface area contributed by atoms with Gasteiger partial charge in [-0.1, -0.05) is 0 Å². The van der Waals surface area contributed by atoms with Crippen LogP contribution in [0.5, 0.6) is 0 Å². The first-order valence-electron chi connectivity index (χ1n) is 5.10. The van der Waals surface area contributed by atoms with E-state index in [1.165, 1.54) is 0 Å². The van der Waals surface area contributed by atoms with Crippen molar-refractivity contribution >= 4 is 5.91 Å². The molecular weight excluding hydrogens is 192 g/mol. The van der Waals surface area contributed by atoms with E-state index in [0.717, 1.165) is 31.6 Å². The number of nitrogens with two attached hydrogens (primary N) is 1. The number of amides is 1. The predicted octanol–water partition coefficient (Wildman–Crippen LogP) is 1.07. The van der Waals surface area contributed by atoms with E-state index in [2.05, 4.69) is 4.98 Å². The number of aromatic nitrogens is 1. The summed E-state index contributed by atoms with van der Waals surface area (Å²) in [5.41, 5.74) is 6.88. The predicted molar refractivity (Wildman–Crippen MR) is 55.5 cm³/mol. The van der Waals surface area contributed by atoms with Crippen molar-refractivity contribution in [3.05, 3.63) is 29.6 Å². The number of nitrogens with zero attached hydrogens (tertiary/aromatic N) is 1. The third-order valence-corrected chi connectivity index (χ3v) is 2.78. The van der Waals surface area contributed by atoms with Crippen molar-refractivity contribution in [2.45, 2.75) is 18.8 Å². The highest BCUT2D eigenvalue weighted by atomic mass is 16.5. The van der Waals surface area contributed by atoms with Gasteiger partial charge in [-0.25, -0.2) is 0 Å². The summed E-state index contributed by atoms with van der Waals surface area (Å²) in [6.07, 6.45) is 5.22. The van der Waals surface area contributed by atoms with E-state index in [1.54, 1.807) is 18.5 Å². The summed E-state index contributed by atoms with van der Waals surface area (Å²) in [6.45, 7) is 1.50. The van der Waals surface area contributed by atoms with Crippen LogP contribution in [0.2, 0.25) is 0 Å². The quantitative estimate of drug-likeness (QED) is 0.787. The van der Waals surface area contributed by atoms with Crippen LogP contribution in [0.15, 0.2) is 18.5 Å². The first-order chi connectivity index (χ1) is 7.29. The van der Waals surface area contributed by atoms with Crippen molar-refractivity contribution < 1.29 is 9.53 Å². The lowest BCUT2D eigenvalue weighted by molar-refractivity contribution is 0.0844. The first kappa shape index (κ1) is 10.1. The molecule has 1 fully saturated rings. The molecule has 0 unspecified atom stereocenters. The van der Waals surface area contributed by atoms with Gasteiger partial charge in [0, 0.05) is 31.2 Å². The summed E-state index contributed by atoms with van der Waals surface area (Å²) in [5, 5.41) is 0. The Kier molecular flexibility index (Phi) is 2.97. The second-order valence-electron chi connectivity index (χ2n) is 3.71. The van der Waals surface area contributed by atoms with Gasteiger partial charge in [-0.15, -0.1) is 0 Å². The van der Waals surface area contributed by atoms with Crippen molar-refractivity contribution in [1.29, 1.82) is 0 Å². The largest absolute Gasteiger partial charge is 0.381 e. The highest BCUT2D eigenvalue weighted by molar-refractivity contribution is 5.94. The van der Waals surface area contributed by atoms with Gasteiger partial charge in [0.25, 0.3) is 0 Å². The Labute approximate surface area is 88.4 Å². The van der Waals surface area contributed by atoms with Gasteiger partial charge >= 0.3 is 0 Å². The zero-order valence-corrected chi connectivity index (χ0v) is 8.48. The summed E-state index contributed by atoms with van der Waals surface area (Å²) in [5.74, 6) is -0.0196. The molecule has 0 aliphatic carbocycles. The number of pyridine rings is 1. The van der Waals surface area contributed by atoms with E-state index in [9.17, 15) is 4.79 Å². The summed E-state index contributed by atoms with van der Waals surface area (Å²) >= 11 is 0. The maximum Gasteiger partial charge on any atom is 0.249 e. The lowest BCUT2D eigenvalue weighted by atomic mass is 9.89. The second kappa shape index (κ2) is 4.40. The minimum atomic E-state index is -0.376. The summed E-state index contributed by atoms with van der Waals surface area (Å²) in [7, 11) is 0. The molecule has 2 rings (SSSR count). The molecule has 2 heterocycles. The lowest BCUT2D eigenvalue weighted by Crippen LogP contribution is -2.20. The van der Waals surface area contributed by atoms with Crippen LogP contribution in [-0.4, -0.2) is 24.1 Å². The number of hydrogen-bond acceptors (Lipinski definition) is 3. The molecule has 0 aromatic carbocycles. The second-order valence-corrected chi connectivity index (χ2v) is 3.71. The molecule has 15 heavy (non-hydrogen) atoms. The van der Waals surface area contributed by atoms with E-state index in [1.807, 2.05) is 0 Å². The van der Waals surface area contributed by atoms with E-state index in [-0.39, 0.29) is 5.91 Å². The molecule has 1 saturated heterocycles. The normalized spacial score (nSPS) is 17.6. The Morgan fingerprint density at radius 2 is 2.20 bits per heavy atom. The molecule has 4 nitrogen and oxygen atoms in total. The van der Waals surface area contributed by atoms with Gasteiger partial charge in [-0.05, 0) is 30.4 Å². The van der Waals surface area contributed by atoms with Crippen molar-refractivity contribution in [3.63, 3.8) is 0 Å². The van der Waals surface area contributed by atoms with Crippen LogP contribution < -0.4 is 5.73 Å². The van der Waals surface area contributed by atoms with Crippen LogP contribution in [0.3, 0.4) is 0 Å². The average Bonchev–Trinajstić information content (AvgIpc) is 2.30. The zero-order valence-electron chi connectivity index (χ0n) is 8.48. The Bertz CT molecular complexity index is 359. The highest BCUT2D eigenvalue weighted by Gasteiger charge is 2.20. The van der Waals surface area contributed by atoms with Gasteiger partial charge in [0.15, 0.2) is 0 Å². The SMILES string of the molecule is NC(=O)c1ccncc1C1CCOCC1. The number of primary amides is 1. The molecule has 0 atom stereocenters. The summed E-state index contributed by atoms with van der Waals surface area (Å²) in [6, 6.07) is 1.69. The molecule has 2 N–H and O–H groups in total. The molecule has 0 radical (unpaired) electrons. The molecule has 1 amide bonds. The molecule has 0 saturated carbocycles. The molecule has 4 heteroatoms. The molecule has 1 aliphatic heterocycles. The number of ether oxygens (including phenoxy) is 1. The van der Waals surface area contributed by atoms with Crippen molar-refractivity contribution in [2.24, 2.45) is 5.73 Å². The smallest absolute Gasteiger partial charge is 0.249 e. The maximum absolute atomic E-state index is 11.2. The molecular formula is C11H14N2O2. The Hall–Kier alpha value is -1.42. The molecule has 1 aromatic rings. The van der Waals surface area contributed by atoms with Crippen LogP contribution in [0, 0.1) is 0 Å². The minimum absolute atomic E-state index is 0.356. The van der Waals surface area contributed by atoms with Gasteiger partial charge in [0.2, 0.25) is 5.91 Å². The first-order valence-corrected chi connectivity index (χ1v) is 5.10. The summed E-state index contributed by atoms with van der Waals surface area (Å²) < 4.78 is 5.28. The fourth-order valence-electron chi connectivity index (χ4n) is 1.96. The van der Waals surface area contributed by atoms with Crippen LogP contribution in [-0.2, 0) is 4.74 Å². The minimum Gasteiger partial charge on any atom is -0.381 e. The van der Waals surface area contributed by atoms with Crippen molar-refractivity contribution in [2.75, 3.05) is 13.2 Å². The van der Waals surface area contributed by atoms with Crippen LogP contribution in [0.1, 0.15) is 34.7 Å². The molecule has 80 valence electrons. The van der Waals surface area contributed by atoms with Gasteiger partial charge in [0.1, 0.15) is 0 Å². The van der Waals surface area contributed by atoms with Gasteiger partial charge < -0.3 is 10.5 Å². The third-order valence-electron chi connectivity index (χ3n) is 2.78. The maximum atomic E-state index is 11.2. The fourth-order valence-corrected chi connectivity index (χ4v) is 1.96. The van der Waals surface area contributed by atoms with E-state index < -0.39 is 0 Å². The lowest BCUT2D eigenvalue weighted by Gasteiger charge is -2.23. The molecule has 0 bridgehead atoms. The van der Waals surface area contributed by atoms with Gasteiger partial charge in [-0.3, -0.25) is 9.78 Å². The third kappa shape index (κ3) is 2.15. The zero-order chi connectivity index (χ0) is 10.7. The van der Waals surface area contributed by atoms with E-state index in [4.69, 9.17) is 10.5 Å². The van der Waals surface area contributed by atoms with Crippen LogP contribution in [0.4, 0.5) is 0 Å². The van der Waals surface area contributed by atoms with Crippen molar-refractivity contribution in [3.8, 4) is 0 Å². The fraction of sp³-hybridized carbons (Fsp3) is 0.455. The number of carbonyl (C=O) groups excluding carboxylic acids is 1. The van der Waals surface area contributed by atoms with Crippen LogP contribution >= 0.6 is 0 Å². The molecule has 1 aliphatic rings. The Morgan fingerprint density at radius 1 is 1.47 bits per heavy atom. The number of hydrogen-bond donors (Lipinski definition) is 1. The van der Waals surface area contributed by atoms with Gasteiger partial charge in [-0.2, -0.15) is 0 Å².